The molecule has 0 aliphatic heterocycles. The van der Waals surface area contributed by atoms with Crippen LogP contribution in [0.3, 0.4) is 0 Å². The van der Waals surface area contributed by atoms with Gasteiger partial charge < -0.3 is 14.9 Å². The molecule has 2 heterocycles. The molecule has 0 spiro atoms. The van der Waals surface area contributed by atoms with Gasteiger partial charge >= 0.3 is 0 Å². The third-order valence-electron chi connectivity index (χ3n) is 3.13. The lowest BCUT2D eigenvalue weighted by molar-refractivity contribution is 0.242. The number of nitrogens with zero attached hydrogens (tertiary/aromatic N) is 2. The topological polar surface area (TPSA) is 71.2 Å². The van der Waals surface area contributed by atoms with Gasteiger partial charge in [0, 0.05) is 5.38 Å². The van der Waals surface area contributed by atoms with Crippen LogP contribution in [0.2, 0.25) is 0 Å². The van der Waals surface area contributed by atoms with Crippen LogP contribution in [-0.4, -0.2) is 21.9 Å². The van der Waals surface area contributed by atoms with Gasteiger partial charge in [0.1, 0.15) is 0 Å². The minimum Gasteiger partial charge on any atom is -0.394 e. The molecule has 1 aromatic carbocycles. The van der Waals surface area contributed by atoms with Crippen molar-refractivity contribution in [2.45, 2.75) is 12.6 Å². The molecule has 1 unspecified atom stereocenters. The Morgan fingerprint density at radius 1 is 1.24 bits per heavy atom. The fourth-order valence-corrected chi connectivity index (χ4v) is 2.65. The summed E-state index contributed by atoms with van der Waals surface area (Å²) in [6, 6.07) is 11.6. The summed E-state index contributed by atoms with van der Waals surface area (Å²) in [7, 11) is 0. The molecule has 2 aromatic heterocycles. The number of aliphatic hydroxyl groups is 1. The summed E-state index contributed by atoms with van der Waals surface area (Å²) in [6.07, 6.45) is 0. The standard InChI is InChI=1S/C15H15N3O2S/c19-9-13(11-4-2-1-3-5-11)16-8-14-17-15(20-18-14)12-6-7-21-10-12/h1-7,10,13,16,19H,8-9H2. The highest BCUT2D eigenvalue weighted by molar-refractivity contribution is 7.08. The van der Waals surface area contributed by atoms with Gasteiger partial charge in [0.05, 0.1) is 24.8 Å². The maximum atomic E-state index is 9.49. The third-order valence-corrected chi connectivity index (χ3v) is 3.81. The molecule has 108 valence electrons. The molecular formula is C15H15N3O2S. The minimum absolute atomic E-state index is 0.0131. The van der Waals surface area contributed by atoms with E-state index in [1.807, 2.05) is 47.2 Å². The maximum absolute atomic E-state index is 9.49. The van der Waals surface area contributed by atoms with Gasteiger partial charge in [0.15, 0.2) is 5.82 Å². The minimum atomic E-state index is -0.144. The van der Waals surface area contributed by atoms with Crippen molar-refractivity contribution in [1.29, 1.82) is 0 Å². The van der Waals surface area contributed by atoms with Crippen LogP contribution in [0.4, 0.5) is 0 Å². The highest BCUT2D eigenvalue weighted by Crippen LogP contribution is 2.20. The van der Waals surface area contributed by atoms with Gasteiger partial charge in [0.2, 0.25) is 0 Å². The molecule has 0 aliphatic carbocycles. The Labute approximate surface area is 126 Å². The SMILES string of the molecule is OCC(NCc1noc(-c2ccsc2)n1)c1ccccc1. The van der Waals surface area contributed by atoms with Gasteiger partial charge in [-0.3, -0.25) is 0 Å². The fourth-order valence-electron chi connectivity index (χ4n) is 2.02. The van der Waals surface area contributed by atoms with E-state index in [1.54, 1.807) is 11.3 Å². The van der Waals surface area contributed by atoms with Gasteiger partial charge in [-0.1, -0.05) is 35.5 Å². The predicted octanol–water partition coefficient (Wildman–Crippen LogP) is 2.62. The smallest absolute Gasteiger partial charge is 0.258 e. The van der Waals surface area contributed by atoms with Gasteiger partial charge in [-0.15, -0.1) is 0 Å². The zero-order valence-electron chi connectivity index (χ0n) is 11.3. The van der Waals surface area contributed by atoms with Crippen LogP contribution in [-0.2, 0) is 6.54 Å². The molecule has 3 aromatic rings. The first-order valence-corrected chi connectivity index (χ1v) is 7.55. The number of thiophene rings is 1. The number of rotatable bonds is 6. The molecule has 5 nitrogen and oxygen atoms in total. The average Bonchev–Trinajstić information content (AvgIpc) is 3.20. The lowest BCUT2D eigenvalue weighted by Crippen LogP contribution is -2.24. The van der Waals surface area contributed by atoms with Crippen molar-refractivity contribution in [3.63, 3.8) is 0 Å². The van der Waals surface area contributed by atoms with Gasteiger partial charge in [-0.25, -0.2) is 0 Å². The number of aromatic nitrogens is 2. The van der Waals surface area contributed by atoms with E-state index in [0.717, 1.165) is 11.1 Å². The monoisotopic (exact) mass is 301 g/mol. The summed E-state index contributed by atoms with van der Waals surface area (Å²) in [5.41, 5.74) is 1.96. The van der Waals surface area contributed by atoms with E-state index in [2.05, 4.69) is 15.5 Å². The summed E-state index contributed by atoms with van der Waals surface area (Å²) in [5, 5.41) is 20.6. The van der Waals surface area contributed by atoms with Crippen LogP contribution < -0.4 is 5.32 Å². The Bertz CT molecular complexity index is 667. The summed E-state index contributed by atoms with van der Waals surface area (Å²) in [6.45, 7) is 0.451. The molecular weight excluding hydrogens is 286 g/mol. The zero-order chi connectivity index (χ0) is 14.5. The van der Waals surface area contributed by atoms with Crippen molar-refractivity contribution in [2.24, 2.45) is 0 Å². The summed E-state index contributed by atoms with van der Waals surface area (Å²) >= 11 is 1.59. The number of nitrogens with one attached hydrogen (secondary N) is 1. The van der Waals surface area contributed by atoms with Crippen LogP contribution >= 0.6 is 11.3 Å². The Balaban J connectivity index is 1.64. The van der Waals surface area contributed by atoms with E-state index in [4.69, 9.17) is 4.52 Å². The van der Waals surface area contributed by atoms with Crippen molar-refractivity contribution in [2.75, 3.05) is 6.61 Å². The fraction of sp³-hybridized carbons (Fsp3) is 0.200. The second-order valence-electron chi connectivity index (χ2n) is 4.55. The van der Waals surface area contributed by atoms with Crippen LogP contribution in [0.5, 0.6) is 0 Å². The van der Waals surface area contributed by atoms with Crippen LogP contribution in [0, 0.1) is 0 Å². The van der Waals surface area contributed by atoms with E-state index in [9.17, 15) is 5.11 Å². The first kappa shape index (κ1) is 13.9. The van der Waals surface area contributed by atoms with E-state index < -0.39 is 0 Å². The third kappa shape index (κ3) is 3.36. The molecule has 0 saturated carbocycles. The quantitative estimate of drug-likeness (QED) is 0.732. The van der Waals surface area contributed by atoms with Crippen molar-refractivity contribution in [1.82, 2.24) is 15.5 Å². The van der Waals surface area contributed by atoms with Gasteiger partial charge in [-0.05, 0) is 17.0 Å². The van der Waals surface area contributed by atoms with Gasteiger partial charge in [0.25, 0.3) is 5.89 Å². The molecule has 6 heteroatoms. The Morgan fingerprint density at radius 2 is 2.10 bits per heavy atom. The van der Waals surface area contributed by atoms with E-state index in [0.29, 0.717) is 18.3 Å². The molecule has 21 heavy (non-hydrogen) atoms. The normalized spacial score (nSPS) is 12.4. The molecule has 3 rings (SSSR count). The first-order valence-electron chi connectivity index (χ1n) is 6.61. The Kier molecular flexibility index (Phi) is 4.40. The molecule has 0 radical (unpaired) electrons. The van der Waals surface area contributed by atoms with Crippen molar-refractivity contribution < 1.29 is 9.63 Å². The highest BCUT2D eigenvalue weighted by atomic mass is 32.1. The van der Waals surface area contributed by atoms with Crippen LogP contribution in [0.1, 0.15) is 17.4 Å². The molecule has 2 N–H and O–H groups in total. The Hall–Kier alpha value is -2.02. The van der Waals surface area contributed by atoms with E-state index >= 15 is 0 Å². The number of hydrogen-bond donors (Lipinski definition) is 2. The zero-order valence-corrected chi connectivity index (χ0v) is 12.1. The van der Waals surface area contributed by atoms with Crippen molar-refractivity contribution in [3.05, 3.63) is 58.5 Å². The molecule has 0 bridgehead atoms. The van der Waals surface area contributed by atoms with Gasteiger partial charge in [-0.2, -0.15) is 16.3 Å². The second-order valence-corrected chi connectivity index (χ2v) is 5.33. The largest absolute Gasteiger partial charge is 0.394 e. The molecule has 0 saturated heterocycles. The average molecular weight is 301 g/mol. The summed E-state index contributed by atoms with van der Waals surface area (Å²) < 4.78 is 5.22. The predicted molar refractivity (Wildman–Crippen MR) is 80.7 cm³/mol. The number of hydrogen-bond acceptors (Lipinski definition) is 6. The van der Waals surface area contributed by atoms with Crippen LogP contribution in [0.25, 0.3) is 11.5 Å². The molecule has 1 atom stereocenters. The number of benzene rings is 1. The van der Waals surface area contributed by atoms with E-state index in [-0.39, 0.29) is 12.6 Å². The van der Waals surface area contributed by atoms with E-state index in [1.165, 1.54) is 0 Å². The number of aliphatic hydroxyl groups excluding tert-OH is 1. The second kappa shape index (κ2) is 6.62. The lowest BCUT2D eigenvalue weighted by atomic mass is 10.1. The first-order chi connectivity index (χ1) is 10.4. The summed E-state index contributed by atoms with van der Waals surface area (Å²) in [4.78, 5) is 4.34. The maximum Gasteiger partial charge on any atom is 0.258 e. The molecule has 0 amide bonds. The van der Waals surface area contributed by atoms with Crippen molar-refractivity contribution in [3.8, 4) is 11.5 Å². The highest BCUT2D eigenvalue weighted by Gasteiger charge is 2.13. The Morgan fingerprint density at radius 3 is 2.81 bits per heavy atom. The van der Waals surface area contributed by atoms with Crippen molar-refractivity contribution >= 4 is 11.3 Å². The lowest BCUT2D eigenvalue weighted by Gasteiger charge is -2.15. The molecule has 0 fully saturated rings. The molecule has 0 aliphatic rings. The summed E-state index contributed by atoms with van der Waals surface area (Å²) in [5.74, 6) is 1.10. The van der Waals surface area contributed by atoms with Crippen LogP contribution in [0.15, 0.2) is 51.7 Å².